The zero-order valence-electron chi connectivity index (χ0n) is 44.7. The van der Waals surface area contributed by atoms with E-state index in [-0.39, 0.29) is 18.5 Å². The molecule has 0 rings (SSSR count). The van der Waals surface area contributed by atoms with Gasteiger partial charge in [-0.1, -0.05) is 302 Å². The highest BCUT2D eigenvalue weighted by atomic mass is 16.5. The molecule has 6 heteroatoms. The van der Waals surface area contributed by atoms with Crippen molar-refractivity contribution in [1.29, 1.82) is 0 Å². The minimum absolute atomic E-state index is 0.0127. The van der Waals surface area contributed by atoms with Crippen LogP contribution in [0.3, 0.4) is 0 Å². The number of aliphatic hydroxyl groups is 2. The SMILES string of the molecule is CCCCCCCCCCCCC/C=C/C(O)C(CO)NC(=O)CCCCCCCCCCCCCCCCCCCCCOC(=O)CCCCCCCCCCCCCCCCCCC. The number of esters is 1. The third kappa shape index (κ3) is 52.0. The van der Waals surface area contributed by atoms with E-state index >= 15 is 0 Å². The second-order valence-corrected chi connectivity index (χ2v) is 20.7. The van der Waals surface area contributed by atoms with Crippen LogP contribution >= 0.6 is 0 Å². The van der Waals surface area contributed by atoms with E-state index in [1.807, 2.05) is 6.08 Å². The standard InChI is InChI=1S/C60H117NO5/c1-3-5-7-9-11-13-15-17-18-22-26-30-34-38-42-46-50-54-60(65)66-55-51-47-43-39-35-31-27-24-21-19-20-23-25-29-33-37-41-45-49-53-59(64)61-57(56-62)58(63)52-48-44-40-36-32-28-16-14-12-10-8-6-4-2/h48,52,57-58,62-63H,3-47,49-51,53-56H2,1-2H3,(H,61,64)/b52-48+. The number of hydrogen-bond donors (Lipinski definition) is 3. The number of ether oxygens (including phenoxy) is 1. The van der Waals surface area contributed by atoms with E-state index in [0.717, 1.165) is 38.5 Å². The summed E-state index contributed by atoms with van der Waals surface area (Å²) in [5.74, 6) is -0.0568. The minimum atomic E-state index is -0.845. The molecule has 0 aliphatic heterocycles. The zero-order valence-corrected chi connectivity index (χ0v) is 44.7. The summed E-state index contributed by atoms with van der Waals surface area (Å²) in [6.07, 6.45) is 66.7. The maximum absolute atomic E-state index is 12.4. The van der Waals surface area contributed by atoms with Crippen LogP contribution < -0.4 is 5.32 Å². The summed E-state index contributed by atoms with van der Waals surface area (Å²) >= 11 is 0. The predicted octanol–water partition coefficient (Wildman–Crippen LogP) is 18.5. The molecule has 0 aromatic heterocycles. The Kier molecular flexibility index (Phi) is 55.0. The van der Waals surface area contributed by atoms with Crippen molar-refractivity contribution >= 4 is 11.9 Å². The molecule has 0 saturated heterocycles. The number of allylic oxidation sites excluding steroid dienone is 1. The van der Waals surface area contributed by atoms with Gasteiger partial charge >= 0.3 is 5.97 Å². The first-order chi connectivity index (χ1) is 32.5. The van der Waals surface area contributed by atoms with Crippen LogP contribution in [-0.2, 0) is 14.3 Å². The maximum atomic E-state index is 12.4. The average molecular weight is 933 g/mol. The largest absolute Gasteiger partial charge is 0.466 e. The highest BCUT2D eigenvalue weighted by Gasteiger charge is 2.18. The van der Waals surface area contributed by atoms with Gasteiger partial charge in [0.15, 0.2) is 0 Å². The lowest BCUT2D eigenvalue weighted by Crippen LogP contribution is -2.45. The molecule has 0 aliphatic carbocycles. The van der Waals surface area contributed by atoms with Crippen LogP contribution in [0.15, 0.2) is 12.2 Å². The summed E-state index contributed by atoms with van der Waals surface area (Å²) in [5, 5.41) is 23.1. The molecule has 0 saturated carbocycles. The Morgan fingerprint density at radius 2 is 0.697 bits per heavy atom. The third-order valence-corrected chi connectivity index (χ3v) is 14.1. The number of carbonyl (C=O) groups is 2. The van der Waals surface area contributed by atoms with Gasteiger partial charge in [-0.25, -0.2) is 0 Å². The molecular weight excluding hydrogens is 815 g/mol. The van der Waals surface area contributed by atoms with E-state index in [9.17, 15) is 19.8 Å². The normalized spacial score (nSPS) is 12.6. The van der Waals surface area contributed by atoms with E-state index < -0.39 is 12.1 Å². The van der Waals surface area contributed by atoms with E-state index in [1.165, 1.54) is 270 Å². The minimum Gasteiger partial charge on any atom is -0.466 e. The van der Waals surface area contributed by atoms with Crippen molar-refractivity contribution in [3.63, 3.8) is 0 Å². The molecule has 0 aromatic carbocycles. The first-order valence-corrected chi connectivity index (χ1v) is 30.0. The molecule has 0 radical (unpaired) electrons. The molecule has 0 fully saturated rings. The van der Waals surface area contributed by atoms with Crippen LogP contribution in [-0.4, -0.2) is 47.4 Å². The van der Waals surface area contributed by atoms with Gasteiger partial charge < -0.3 is 20.3 Å². The Hall–Kier alpha value is -1.40. The van der Waals surface area contributed by atoms with E-state index in [1.54, 1.807) is 6.08 Å². The van der Waals surface area contributed by atoms with Crippen molar-refractivity contribution in [1.82, 2.24) is 5.32 Å². The summed E-state index contributed by atoms with van der Waals surface area (Å²) in [7, 11) is 0. The van der Waals surface area contributed by atoms with Gasteiger partial charge in [0.2, 0.25) is 5.91 Å². The topological polar surface area (TPSA) is 95.9 Å². The summed E-state index contributed by atoms with van der Waals surface area (Å²) in [5.41, 5.74) is 0. The van der Waals surface area contributed by atoms with Gasteiger partial charge in [0.05, 0.1) is 25.4 Å². The Bertz CT molecular complexity index is 986. The molecule has 1 amide bonds. The van der Waals surface area contributed by atoms with Crippen molar-refractivity contribution in [2.45, 2.75) is 347 Å². The molecule has 3 N–H and O–H groups in total. The number of carbonyl (C=O) groups excluding carboxylic acids is 2. The number of amides is 1. The monoisotopic (exact) mass is 932 g/mol. The highest BCUT2D eigenvalue weighted by molar-refractivity contribution is 5.76. The summed E-state index contributed by atoms with van der Waals surface area (Å²) < 4.78 is 5.49. The molecule has 6 nitrogen and oxygen atoms in total. The van der Waals surface area contributed by atoms with E-state index in [4.69, 9.17) is 4.74 Å². The Morgan fingerprint density at radius 3 is 1.03 bits per heavy atom. The fraction of sp³-hybridized carbons (Fsp3) is 0.933. The second-order valence-electron chi connectivity index (χ2n) is 20.7. The van der Waals surface area contributed by atoms with Crippen molar-refractivity contribution < 1.29 is 24.5 Å². The molecule has 0 spiro atoms. The fourth-order valence-electron chi connectivity index (χ4n) is 9.46. The molecule has 392 valence electrons. The van der Waals surface area contributed by atoms with Crippen molar-refractivity contribution in [2.75, 3.05) is 13.2 Å². The second kappa shape index (κ2) is 56.2. The van der Waals surface area contributed by atoms with Gasteiger partial charge in [-0.15, -0.1) is 0 Å². The Labute approximate surface area is 412 Å². The maximum Gasteiger partial charge on any atom is 0.305 e. The van der Waals surface area contributed by atoms with Crippen molar-refractivity contribution in [3.8, 4) is 0 Å². The lowest BCUT2D eigenvalue weighted by Gasteiger charge is -2.20. The van der Waals surface area contributed by atoms with Crippen LogP contribution in [0.25, 0.3) is 0 Å². The number of aliphatic hydroxyl groups excluding tert-OH is 2. The summed E-state index contributed by atoms with van der Waals surface area (Å²) in [6, 6.07) is -0.628. The predicted molar refractivity (Wildman–Crippen MR) is 287 cm³/mol. The average Bonchev–Trinajstić information content (AvgIpc) is 3.32. The Balaban J connectivity index is 3.38. The van der Waals surface area contributed by atoms with E-state index in [2.05, 4.69) is 19.2 Å². The number of rotatable bonds is 56. The highest BCUT2D eigenvalue weighted by Crippen LogP contribution is 2.18. The number of hydrogen-bond acceptors (Lipinski definition) is 5. The number of nitrogens with one attached hydrogen (secondary N) is 1. The zero-order chi connectivity index (χ0) is 47.9. The third-order valence-electron chi connectivity index (χ3n) is 14.1. The van der Waals surface area contributed by atoms with Gasteiger partial charge in [0.1, 0.15) is 0 Å². The molecule has 2 atom stereocenters. The molecule has 0 aliphatic rings. The first-order valence-electron chi connectivity index (χ1n) is 30.0. The van der Waals surface area contributed by atoms with Crippen LogP contribution in [0.4, 0.5) is 0 Å². The molecular formula is C60H117NO5. The lowest BCUT2D eigenvalue weighted by molar-refractivity contribution is -0.143. The molecule has 66 heavy (non-hydrogen) atoms. The van der Waals surface area contributed by atoms with Gasteiger partial charge in [0.25, 0.3) is 0 Å². The van der Waals surface area contributed by atoms with Crippen molar-refractivity contribution in [2.24, 2.45) is 0 Å². The molecule has 0 heterocycles. The van der Waals surface area contributed by atoms with Crippen LogP contribution in [0.2, 0.25) is 0 Å². The first kappa shape index (κ1) is 64.6. The smallest absolute Gasteiger partial charge is 0.305 e. The van der Waals surface area contributed by atoms with Crippen LogP contribution in [0.1, 0.15) is 335 Å². The fourth-order valence-corrected chi connectivity index (χ4v) is 9.46. The van der Waals surface area contributed by atoms with Crippen molar-refractivity contribution in [3.05, 3.63) is 12.2 Å². The Morgan fingerprint density at radius 1 is 0.409 bits per heavy atom. The van der Waals surface area contributed by atoms with Gasteiger partial charge in [-0.2, -0.15) is 0 Å². The molecule has 0 bridgehead atoms. The van der Waals surface area contributed by atoms with Crippen LogP contribution in [0, 0.1) is 0 Å². The molecule has 0 aromatic rings. The summed E-state index contributed by atoms with van der Waals surface area (Å²) in [4.78, 5) is 24.5. The van der Waals surface area contributed by atoms with E-state index in [0.29, 0.717) is 19.4 Å². The number of unbranched alkanes of at least 4 members (excludes halogenated alkanes) is 45. The lowest BCUT2D eigenvalue weighted by atomic mass is 10.0. The summed E-state index contributed by atoms with van der Waals surface area (Å²) in [6.45, 7) is 4.92. The van der Waals surface area contributed by atoms with Gasteiger partial charge in [-0.3, -0.25) is 9.59 Å². The van der Waals surface area contributed by atoms with Gasteiger partial charge in [-0.05, 0) is 32.1 Å². The van der Waals surface area contributed by atoms with Crippen LogP contribution in [0.5, 0.6) is 0 Å². The molecule has 2 unspecified atom stereocenters. The quantitative estimate of drug-likeness (QED) is 0.0321. The van der Waals surface area contributed by atoms with Gasteiger partial charge in [0, 0.05) is 12.8 Å².